The van der Waals surface area contributed by atoms with Crippen LogP contribution in [0.3, 0.4) is 0 Å². The molecule has 4 nitrogen and oxygen atoms in total. The average Bonchev–Trinajstić information content (AvgIpc) is 3.37. The number of nitrogens with one attached hydrogen (secondary N) is 1. The van der Waals surface area contributed by atoms with Crippen molar-refractivity contribution in [2.24, 2.45) is 0 Å². The third-order valence-corrected chi connectivity index (χ3v) is 7.17. The number of carbonyl (C=O) groups is 1. The highest BCUT2D eigenvalue weighted by Crippen LogP contribution is 2.34. The summed E-state index contributed by atoms with van der Waals surface area (Å²) < 4.78 is 1.27. The van der Waals surface area contributed by atoms with Crippen LogP contribution in [0.4, 0.5) is 0 Å². The Morgan fingerprint density at radius 1 is 1.14 bits per heavy atom. The first-order chi connectivity index (χ1) is 13.7. The predicted octanol–water partition coefficient (Wildman–Crippen LogP) is 5.23. The molecule has 1 saturated heterocycles. The number of ketones is 1. The van der Waals surface area contributed by atoms with Gasteiger partial charge in [-0.2, -0.15) is 0 Å². The second kappa shape index (κ2) is 7.15. The SMILES string of the molecule is C[C@H](C(=O)c1c[nH]c2ccccc12)N1CCC(c2nc3ccccc3s2)CC1. The van der Waals surface area contributed by atoms with E-state index in [9.17, 15) is 4.79 Å². The summed E-state index contributed by atoms with van der Waals surface area (Å²) in [5.74, 6) is 0.708. The largest absolute Gasteiger partial charge is 0.360 e. The minimum atomic E-state index is -0.101. The Morgan fingerprint density at radius 3 is 2.71 bits per heavy atom. The molecule has 1 aliphatic rings. The number of carbonyl (C=O) groups excluding carboxylic acids is 1. The molecule has 0 spiro atoms. The van der Waals surface area contributed by atoms with E-state index in [4.69, 9.17) is 4.98 Å². The summed E-state index contributed by atoms with van der Waals surface area (Å²) >= 11 is 1.82. The van der Waals surface area contributed by atoms with Gasteiger partial charge in [-0.05, 0) is 51.1 Å². The van der Waals surface area contributed by atoms with Crippen LogP contribution in [-0.4, -0.2) is 39.8 Å². The number of benzene rings is 2. The molecule has 1 fully saturated rings. The second-order valence-electron chi connectivity index (χ2n) is 7.62. The summed E-state index contributed by atoms with van der Waals surface area (Å²) in [5, 5.41) is 2.26. The number of likely N-dealkylation sites (tertiary alicyclic amines) is 1. The van der Waals surface area contributed by atoms with E-state index in [0.717, 1.165) is 47.9 Å². The van der Waals surface area contributed by atoms with Gasteiger partial charge >= 0.3 is 0 Å². The van der Waals surface area contributed by atoms with Crippen molar-refractivity contribution >= 4 is 38.2 Å². The van der Waals surface area contributed by atoms with Gasteiger partial charge in [-0.3, -0.25) is 9.69 Å². The van der Waals surface area contributed by atoms with Gasteiger partial charge in [-0.25, -0.2) is 4.98 Å². The molecule has 0 unspecified atom stereocenters. The summed E-state index contributed by atoms with van der Waals surface area (Å²) in [5.41, 5.74) is 2.93. The van der Waals surface area contributed by atoms with Gasteiger partial charge in [0.05, 0.1) is 21.3 Å². The summed E-state index contributed by atoms with van der Waals surface area (Å²) in [6, 6.07) is 16.3. The lowest BCUT2D eigenvalue weighted by Crippen LogP contribution is -2.43. The molecule has 0 aliphatic carbocycles. The maximum Gasteiger partial charge on any atom is 0.181 e. The maximum atomic E-state index is 13.1. The molecule has 2 aromatic carbocycles. The van der Waals surface area contributed by atoms with Crippen LogP contribution in [0.15, 0.2) is 54.7 Å². The zero-order valence-electron chi connectivity index (χ0n) is 15.9. The minimum Gasteiger partial charge on any atom is -0.360 e. The number of aromatic amines is 1. The summed E-state index contributed by atoms with van der Waals surface area (Å²) in [6.07, 6.45) is 3.98. The fourth-order valence-electron chi connectivity index (χ4n) is 4.26. The number of hydrogen-bond acceptors (Lipinski definition) is 4. The van der Waals surface area contributed by atoms with Crippen LogP contribution in [-0.2, 0) is 0 Å². The number of aromatic nitrogens is 2. The third-order valence-electron chi connectivity index (χ3n) is 5.97. The first-order valence-electron chi connectivity index (χ1n) is 9.90. The van der Waals surface area contributed by atoms with Gasteiger partial charge in [0.1, 0.15) is 0 Å². The van der Waals surface area contributed by atoms with Gasteiger partial charge in [0, 0.05) is 28.6 Å². The smallest absolute Gasteiger partial charge is 0.181 e. The van der Waals surface area contributed by atoms with Crippen molar-refractivity contribution in [3.63, 3.8) is 0 Å². The van der Waals surface area contributed by atoms with Crippen molar-refractivity contribution in [1.29, 1.82) is 0 Å². The highest BCUT2D eigenvalue weighted by molar-refractivity contribution is 7.18. The molecule has 28 heavy (non-hydrogen) atoms. The van der Waals surface area contributed by atoms with Crippen LogP contribution in [0.5, 0.6) is 0 Å². The number of nitrogens with zero attached hydrogens (tertiary/aromatic N) is 2. The molecule has 0 radical (unpaired) electrons. The number of hydrogen-bond donors (Lipinski definition) is 1. The molecule has 2 aromatic heterocycles. The quantitative estimate of drug-likeness (QED) is 0.486. The summed E-state index contributed by atoms with van der Waals surface area (Å²) in [7, 11) is 0. The van der Waals surface area contributed by atoms with E-state index in [-0.39, 0.29) is 11.8 Å². The zero-order chi connectivity index (χ0) is 19.1. The molecule has 5 heteroatoms. The van der Waals surface area contributed by atoms with Crippen LogP contribution in [0.2, 0.25) is 0 Å². The highest BCUT2D eigenvalue weighted by atomic mass is 32.1. The van der Waals surface area contributed by atoms with Gasteiger partial charge in [0.15, 0.2) is 5.78 Å². The number of H-pyrrole nitrogens is 1. The van der Waals surface area contributed by atoms with Crippen molar-refractivity contribution in [2.75, 3.05) is 13.1 Å². The van der Waals surface area contributed by atoms with Crippen LogP contribution >= 0.6 is 11.3 Å². The van der Waals surface area contributed by atoms with E-state index in [1.807, 2.05) is 54.8 Å². The average molecular weight is 390 g/mol. The second-order valence-corrected chi connectivity index (χ2v) is 8.68. The highest BCUT2D eigenvalue weighted by Gasteiger charge is 2.30. The molecule has 0 saturated carbocycles. The third kappa shape index (κ3) is 3.05. The van der Waals surface area contributed by atoms with Gasteiger partial charge in [0.2, 0.25) is 0 Å². The normalized spacial score (nSPS) is 17.3. The van der Waals surface area contributed by atoms with Crippen LogP contribution < -0.4 is 0 Å². The molecular weight excluding hydrogens is 366 g/mol. The van der Waals surface area contributed by atoms with Crippen molar-refractivity contribution in [3.05, 3.63) is 65.3 Å². The van der Waals surface area contributed by atoms with E-state index < -0.39 is 0 Å². The molecule has 3 heterocycles. The summed E-state index contributed by atoms with van der Waals surface area (Å²) in [4.78, 5) is 23.5. The first kappa shape index (κ1) is 17.6. The number of fused-ring (bicyclic) bond motifs is 2. The van der Waals surface area contributed by atoms with Crippen molar-refractivity contribution < 1.29 is 4.79 Å². The first-order valence-corrected chi connectivity index (χ1v) is 10.7. The Bertz CT molecular complexity index is 1100. The number of Topliss-reactive ketones (excluding diaryl/α,β-unsaturated/α-hetero) is 1. The van der Waals surface area contributed by atoms with Crippen LogP contribution in [0, 0.1) is 0 Å². The minimum absolute atomic E-state index is 0.101. The lowest BCUT2D eigenvalue weighted by molar-refractivity contribution is 0.0798. The molecule has 1 atom stereocenters. The van der Waals surface area contributed by atoms with E-state index in [2.05, 4.69) is 28.1 Å². The van der Waals surface area contributed by atoms with Crippen molar-refractivity contribution in [2.45, 2.75) is 31.7 Å². The molecule has 142 valence electrons. The van der Waals surface area contributed by atoms with Gasteiger partial charge in [-0.15, -0.1) is 11.3 Å². The molecule has 0 amide bonds. The van der Waals surface area contributed by atoms with Crippen LogP contribution in [0.25, 0.3) is 21.1 Å². The Kier molecular flexibility index (Phi) is 4.49. The molecular formula is C23H23N3OS. The molecule has 1 aliphatic heterocycles. The van der Waals surface area contributed by atoms with Crippen molar-refractivity contribution in [1.82, 2.24) is 14.9 Å². The molecule has 1 N–H and O–H groups in total. The predicted molar refractivity (Wildman–Crippen MR) is 115 cm³/mol. The lowest BCUT2D eigenvalue weighted by atomic mass is 9.94. The Hall–Kier alpha value is -2.50. The fourth-order valence-corrected chi connectivity index (χ4v) is 5.40. The summed E-state index contributed by atoms with van der Waals surface area (Å²) in [6.45, 7) is 3.92. The fraction of sp³-hybridized carbons (Fsp3) is 0.304. The number of rotatable bonds is 4. The van der Waals surface area contributed by atoms with E-state index in [1.165, 1.54) is 9.71 Å². The number of thiazole rings is 1. The topological polar surface area (TPSA) is 49.0 Å². The molecule has 5 rings (SSSR count). The van der Waals surface area contributed by atoms with Gasteiger partial charge < -0.3 is 4.98 Å². The Labute approximate surface area is 168 Å². The van der Waals surface area contributed by atoms with Crippen molar-refractivity contribution in [3.8, 4) is 0 Å². The van der Waals surface area contributed by atoms with Crippen LogP contribution in [0.1, 0.15) is 41.0 Å². The van der Waals surface area contributed by atoms with E-state index in [0.29, 0.717) is 5.92 Å². The zero-order valence-corrected chi connectivity index (χ0v) is 16.7. The Balaban J connectivity index is 1.29. The Morgan fingerprint density at radius 2 is 1.89 bits per heavy atom. The number of piperidine rings is 1. The monoisotopic (exact) mass is 389 g/mol. The number of para-hydroxylation sites is 2. The molecule has 4 aromatic rings. The van der Waals surface area contributed by atoms with Gasteiger partial charge in [0.25, 0.3) is 0 Å². The maximum absolute atomic E-state index is 13.1. The van der Waals surface area contributed by atoms with E-state index >= 15 is 0 Å². The lowest BCUT2D eigenvalue weighted by Gasteiger charge is -2.34. The molecule has 0 bridgehead atoms. The standard InChI is InChI=1S/C23H23N3OS/c1-15(22(27)18-14-24-19-7-3-2-6-17(18)19)26-12-10-16(11-13-26)23-25-20-8-4-5-9-21(20)28-23/h2-9,14-16,24H,10-13H2,1H3/t15-/m1/s1. The van der Waals surface area contributed by atoms with Gasteiger partial charge in [-0.1, -0.05) is 30.3 Å². The van der Waals surface area contributed by atoms with E-state index in [1.54, 1.807) is 0 Å².